The number of anilines is 1. The number of carbonyl (C=O) groups is 1. The summed E-state index contributed by atoms with van der Waals surface area (Å²) in [5.41, 5.74) is 8.42. The van der Waals surface area contributed by atoms with Crippen molar-refractivity contribution in [2.45, 2.75) is 19.3 Å². The molecular formula is C19H24N2O4. The second kappa shape index (κ2) is 9.78. The Bertz CT molecular complexity index is 673. The van der Waals surface area contributed by atoms with Gasteiger partial charge in [-0.05, 0) is 35.4 Å². The minimum atomic E-state index is -0.694. The summed E-state index contributed by atoms with van der Waals surface area (Å²) in [6, 6.07) is 14.5. The highest BCUT2D eigenvalue weighted by atomic mass is 16.5. The fourth-order valence-electron chi connectivity index (χ4n) is 2.24. The zero-order chi connectivity index (χ0) is 18.1. The van der Waals surface area contributed by atoms with E-state index in [2.05, 4.69) is 5.32 Å². The lowest BCUT2D eigenvalue weighted by Gasteiger charge is -2.12. The van der Waals surface area contributed by atoms with E-state index in [1.165, 1.54) is 7.11 Å². The van der Waals surface area contributed by atoms with Crippen LogP contribution in [0.5, 0.6) is 5.75 Å². The van der Waals surface area contributed by atoms with E-state index in [4.69, 9.17) is 19.9 Å². The van der Waals surface area contributed by atoms with Crippen LogP contribution in [0.4, 0.5) is 5.69 Å². The van der Waals surface area contributed by atoms with Crippen molar-refractivity contribution in [3.05, 3.63) is 59.7 Å². The van der Waals surface area contributed by atoms with Gasteiger partial charge in [-0.1, -0.05) is 24.3 Å². The predicted molar refractivity (Wildman–Crippen MR) is 96.4 cm³/mol. The smallest absolute Gasteiger partial charge is 0.243 e. The van der Waals surface area contributed by atoms with Gasteiger partial charge in [-0.2, -0.15) is 0 Å². The van der Waals surface area contributed by atoms with Gasteiger partial charge in [0.15, 0.2) is 0 Å². The third-order valence-corrected chi connectivity index (χ3v) is 3.57. The van der Waals surface area contributed by atoms with E-state index in [1.54, 1.807) is 7.11 Å². The summed E-state index contributed by atoms with van der Waals surface area (Å²) in [6.45, 7) is 1.12. The molecule has 0 aromatic heterocycles. The van der Waals surface area contributed by atoms with Crippen molar-refractivity contribution < 1.29 is 19.0 Å². The first-order valence-corrected chi connectivity index (χ1v) is 7.97. The second-order valence-corrected chi connectivity index (χ2v) is 5.59. The number of hydrogen-bond donors (Lipinski definition) is 2. The van der Waals surface area contributed by atoms with Crippen LogP contribution >= 0.6 is 0 Å². The molecule has 0 heterocycles. The number of nitrogens with one attached hydrogen (secondary N) is 1. The van der Waals surface area contributed by atoms with Gasteiger partial charge in [-0.15, -0.1) is 0 Å². The Morgan fingerprint density at radius 1 is 1.08 bits per heavy atom. The van der Waals surface area contributed by atoms with Gasteiger partial charge in [0.2, 0.25) is 5.91 Å². The summed E-state index contributed by atoms with van der Waals surface area (Å²) >= 11 is 0. The number of benzene rings is 2. The van der Waals surface area contributed by atoms with Crippen molar-refractivity contribution in [2.24, 2.45) is 5.73 Å². The molecule has 6 nitrogen and oxygen atoms in total. The lowest BCUT2D eigenvalue weighted by atomic mass is 10.2. The van der Waals surface area contributed by atoms with Gasteiger partial charge >= 0.3 is 0 Å². The molecule has 0 fully saturated rings. The fourth-order valence-corrected chi connectivity index (χ4v) is 2.24. The van der Waals surface area contributed by atoms with Crippen molar-refractivity contribution in [2.75, 3.05) is 26.1 Å². The standard InChI is InChI=1S/C19H24N2O4/c1-23-13-18(20)19(22)21-16-5-3-4-15(10-16)12-25-11-14-6-8-17(24-2)9-7-14/h3-10,18H,11-13,20H2,1-2H3,(H,21,22). The van der Waals surface area contributed by atoms with Crippen LogP contribution in [0.1, 0.15) is 11.1 Å². The van der Waals surface area contributed by atoms with E-state index in [0.29, 0.717) is 18.9 Å². The lowest BCUT2D eigenvalue weighted by molar-refractivity contribution is -0.118. The Morgan fingerprint density at radius 3 is 2.48 bits per heavy atom. The molecule has 2 rings (SSSR count). The normalized spacial score (nSPS) is 11.8. The first-order valence-electron chi connectivity index (χ1n) is 7.97. The van der Waals surface area contributed by atoms with E-state index in [0.717, 1.165) is 16.9 Å². The quantitative estimate of drug-likeness (QED) is 0.729. The molecule has 25 heavy (non-hydrogen) atoms. The molecular weight excluding hydrogens is 320 g/mol. The molecule has 1 amide bonds. The first-order chi connectivity index (χ1) is 12.1. The van der Waals surface area contributed by atoms with Crippen molar-refractivity contribution in [1.82, 2.24) is 0 Å². The summed E-state index contributed by atoms with van der Waals surface area (Å²) < 4.78 is 15.7. The number of ether oxygens (including phenoxy) is 3. The van der Waals surface area contributed by atoms with Crippen LogP contribution in [0.3, 0.4) is 0 Å². The zero-order valence-corrected chi connectivity index (χ0v) is 14.5. The Morgan fingerprint density at radius 2 is 1.80 bits per heavy atom. The van der Waals surface area contributed by atoms with Crippen molar-refractivity contribution in [3.63, 3.8) is 0 Å². The maximum atomic E-state index is 11.9. The van der Waals surface area contributed by atoms with Gasteiger partial charge in [-0.25, -0.2) is 0 Å². The number of carbonyl (C=O) groups excluding carboxylic acids is 1. The van der Waals surface area contributed by atoms with Crippen molar-refractivity contribution >= 4 is 11.6 Å². The average Bonchev–Trinajstić information content (AvgIpc) is 2.63. The van der Waals surface area contributed by atoms with Crippen LogP contribution in [0, 0.1) is 0 Å². The molecule has 2 aromatic rings. The van der Waals surface area contributed by atoms with E-state index in [9.17, 15) is 4.79 Å². The second-order valence-electron chi connectivity index (χ2n) is 5.59. The highest BCUT2D eigenvalue weighted by Gasteiger charge is 2.13. The van der Waals surface area contributed by atoms with Gasteiger partial charge in [0.25, 0.3) is 0 Å². The minimum Gasteiger partial charge on any atom is -0.497 e. The van der Waals surface area contributed by atoms with Gasteiger partial charge in [0.05, 0.1) is 26.9 Å². The van der Waals surface area contributed by atoms with E-state index >= 15 is 0 Å². The Balaban J connectivity index is 1.85. The van der Waals surface area contributed by atoms with Crippen molar-refractivity contribution in [3.8, 4) is 5.75 Å². The topological polar surface area (TPSA) is 82.8 Å². The molecule has 134 valence electrons. The molecule has 6 heteroatoms. The average molecular weight is 344 g/mol. The number of nitrogens with two attached hydrogens (primary N) is 1. The molecule has 0 bridgehead atoms. The Kier molecular flexibility index (Phi) is 7.40. The molecule has 2 aromatic carbocycles. The lowest BCUT2D eigenvalue weighted by Crippen LogP contribution is -2.39. The molecule has 1 unspecified atom stereocenters. The number of methoxy groups -OCH3 is 2. The van der Waals surface area contributed by atoms with Crippen LogP contribution in [-0.4, -0.2) is 32.8 Å². The SMILES string of the molecule is COCC(N)C(=O)Nc1cccc(COCc2ccc(OC)cc2)c1. The molecule has 0 aliphatic rings. The van der Waals surface area contributed by atoms with E-state index < -0.39 is 6.04 Å². The molecule has 0 radical (unpaired) electrons. The minimum absolute atomic E-state index is 0.177. The highest BCUT2D eigenvalue weighted by molar-refractivity contribution is 5.94. The maximum Gasteiger partial charge on any atom is 0.243 e. The van der Waals surface area contributed by atoms with Gasteiger partial charge in [-0.3, -0.25) is 4.79 Å². The van der Waals surface area contributed by atoms with E-state index in [1.807, 2.05) is 48.5 Å². The third-order valence-electron chi connectivity index (χ3n) is 3.57. The molecule has 1 atom stereocenters. The van der Waals surface area contributed by atoms with Gasteiger partial charge in [0, 0.05) is 12.8 Å². The summed E-state index contributed by atoms with van der Waals surface area (Å²) in [5, 5.41) is 2.77. The van der Waals surface area contributed by atoms with Gasteiger partial charge in [0.1, 0.15) is 11.8 Å². The maximum absolute atomic E-state index is 11.9. The Hall–Kier alpha value is -2.41. The zero-order valence-electron chi connectivity index (χ0n) is 14.5. The van der Waals surface area contributed by atoms with Crippen molar-refractivity contribution in [1.29, 1.82) is 0 Å². The van der Waals surface area contributed by atoms with Crippen LogP contribution in [0.25, 0.3) is 0 Å². The molecule has 0 aliphatic heterocycles. The third kappa shape index (κ3) is 6.19. The fraction of sp³-hybridized carbons (Fsp3) is 0.316. The number of amides is 1. The molecule has 3 N–H and O–H groups in total. The first kappa shape index (κ1) is 18.9. The number of rotatable bonds is 9. The monoisotopic (exact) mass is 344 g/mol. The predicted octanol–water partition coefficient (Wildman–Crippen LogP) is 2.32. The largest absolute Gasteiger partial charge is 0.497 e. The van der Waals surface area contributed by atoms with Crippen LogP contribution in [0.15, 0.2) is 48.5 Å². The molecule has 0 saturated heterocycles. The summed E-state index contributed by atoms with van der Waals surface area (Å²) in [5.74, 6) is 0.539. The number of hydrogen-bond acceptors (Lipinski definition) is 5. The summed E-state index contributed by atoms with van der Waals surface area (Å²) in [7, 11) is 3.15. The van der Waals surface area contributed by atoms with Crippen LogP contribution < -0.4 is 15.8 Å². The van der Waals surface area contributed by atoms with Gasteiger partial charge < -0.3 is 25.3 Å². The Labute approximate surface area is 147 Å². The van der Waals surface area contributed by atoms with E-state index in [-0.39, 0.29) is 12.5 Å². The molecule has 0 aliphatic carbocycles. The highest BCUT2D eigenvalue weighted by Crippen LogP contribution is 2.15. The van der Waals surface area contributed by atoms with Crippen LogP contribution in [-0.2, 0) is 27.5 Å². The molecule has 0 spiro atoms. The summed E-state index contributed by atoms with van der Waals surface area (Å²) in [6.07, 6.45) is 0. The summed E-state index contributed by atoms with van der Waals surface area (Å²) in [4.78, 5) is 11.9. The molecule has 0 saturated carbocycles. The van der Waals surface area contributed by atoms with Crippen LogP contribution in [0.2, 0.25) is 0 Å².